The van der Waals surface area contributed by atoms with Gasteiger partial charge in [-0.05, 0) is 12.5 Å². The molecule has 0 spiro atoms. The largest absolute Gasteiger partial charge is 0.396 e. The summed E-state index contributed by atoms with van der Waals surface area (Å²) < 4.78 is 27.1. The normalized spacial score (nSPS) is 17.8. The van der Waals surface area contributed by atoms with Crippen LogP contribution in [-0.4, -0.2) is 42.8 Å². The molecule has 108 valence electrons. The molecule has 1 atom stereocenters. The molecule has 1 aliphatic heterocycles. The number of benzene rings is 1. The van der Waals surface area contributed by atoms with Crippen LogP contribution in [0.25, 0.3) is 0 Å². The fraction of sp³-hybridized carbons (Fsp3) is 0.538. The number of aliphatic hydroxyl groups is 1. The van der Waals surface area contributed by atoms with Gasteiger partial charge in [-0.1, -0.05) is 12.1 Å². The average Bonchev–Trinajstić information content (AvgIpc) is 2.41. The van der Waals surface area contributed by atoms with Crippen LogP contribution in [0, 0.1) is 11.6 Å². The van der Waals surface area contributed by atoms with E-state index >= 15 is 0 Å². The van der Waals surface area contributed by atoms with Gasteiger partial charge in [-0.15, -0.1) is 12.4 Å². The van der Waals surface area contributed by atoms with Crippen LogP contribution in [0.4, 0.5) is 8.78 Å². The molecule has 2 N–H and O–H groups in total. The Kier molecular flexibility index (Phi) is 6.65. The molecule has 2 rings (SSSR count). The fourth-order valence-corrected chi connectivity index (χ4v) is 2.43. The van der Waals surface area contributed by atoms with E-state index in [-0.39, 0.29) is 25.1 Å². The molecular weight excluding hydrogens is 274 g/mol. The summed E-state index contributed by atoms with van der Waals surface area (Å²) in [5, 5.41) is 12.3. The molecule has 1 aliphatic rings. The van der Waals surface area contributed by atoms with Gasteiger partial charge in [-0.2, -0.15) is 0 Å². The van der Waals surface area contributed by atoms with Crippen molar-refractivity contribution >= 4 is 12.4 Å². The molecule has 3 nitrogen and oxygen atoms in total. The summed E-state index contributed by atoms with van der Waals surface area (Å²) in [6, 6.07) is 3.97. The van der Waals surface area contributed by atoms with E-state index in [1.165, 1.54) is 6.07 Å². The highest BCUT2D eigenvalue weighted by atomic mass is 35.5. The summed E-state index contributed by atoms with van der Waals surface area (Å²) >= 11 is 0. The molecule has 1 aromatic carbocycles. The zero-order valence-corrected chi connectivity index (χ0v) is 11.4. The van der Waals surface area contributed by atoms with E-state index in [0.29, 0.717) is 12.0 Å². The van der Waals surface area contributed by atoms with Crippen LogP contribution in [0.1, 0.15) is 18.0 Å². The lowest BCUT2D eigenvalue weighted by Gasteiger charge is -2.35. The van der Waals surface area contributed by atoms with Crippen LogP contribution in [0.3, 0.4) is 0 Å². The van der Waals surface area contributed by atoms with Crippen molar-refractivity contribution in [3.8, 4) is 0 Å². The van der Waals surface area contributed by atoms with Crippen molar-refractivity contribution in [2.24, 2.45) is 0 Å². The molecule has 1 heterocycles. The van der Waals surface area contributed by atoms with Gasteiger partial charge in [0, 0.05) is 44.4 Å². The standard InChI is InChI=1S/C13H18F2N2O.ClH/c14-11-3-1-2-10(13(11)15)12(4-9-18)17-7-5-16-6-8-17;/h1-3,12,16,18H,4-9H2;1H/t12-;/m0./s1. The summed E-state index contributed by atoms with van der Waals surface area (Å²) in [5.41, 5.74) is 0.339. The molecule has 6 heteroatoms. The summed E-state index contributed by atoms with van der Waals surface area (Å²) in [5.74, 6) is -1.62. The van der Waals surface area contributed by atoms with Crippen LogP contribution >= 0.6 is 12.4 Å². The SMILES string of the molecule is Cl.OCC[C@@H](c1cccc(F)c1F)N1CCNCC1. The van der Waals surface area contributed by atoms with Crippen molar-refractivity contribution in [2.45, 2.75) is 12.5 Å². The minimum Gasteiger partial charge on any atom is -0.396 e. The predicted molar refractivity (Wildman–Crippen MR) is 72.5 cm³/mol. The van der Waals surface area contributed by atoms with Crippen molar-refractivity contribution < 1.29 is 13.9 Å². The lowest BCUT2D eigenvalue weighted by molar-refractivity contribution is 0.138. The number of halogens is 3. The van der Waals surface area contributed by atoms with Crippen molar-refractivity contribution in [3.63, 3.8) is 0 Å². The van der Waals surface area contributed by atoms with Gasteiger partial charge in [0.2, 0.25) is 0 Å². The van der Waals surface area contributed by atoms with Crippen molar-refractivity contribution in [2.75, 3.05) is 32.8 Å². The van der Waals surface area contributed by atoms with Crippen LogP contribution in [-0.2, 0) is 0 Å². The zero-order valence-electron chi connectivity index (χ0n) is 10.6. The number of piperazine rings is 1. The quantitative estimate of drug-likeness (QED) is 0.887. The summed E-state index contributed by atoms with van der Waals surface area (Å²) in [7, 11) is 0. The van der Waals surface area contributed by atoms with E-state index in [0.717, 1.165) is 32.2 Å². The Morgan fingerprint density at radius 3 is 2.58 bits per heavy atom. The van der Waals surface area contributed by atoms with Crippen molar-refractivity contribution in [1.82, 2.24) is 10.2 Å². The lowest BCUT2D eigenvalue weighted by atomic mass is 10.0. The lowest BCUT2D eigenvalue weighted by Crippen LogP contribution is -2.45. The van der Waals surface area contributed by atoms with Gasteiger partial charge in [-0.25, -0.2) is 8.78 Å². The molecule has 0 unspecified atom stereocenters. The first-order chi connectivity index (χ1) is 8.74. The molecule has 1 aromatic rings. The minimum atomic E-state index is -0.828. The molecule has 0 amide bonds. The highest BCUT2D eigenvalue weighted by Crippen LogP contribution is 2.27. The summed E-state index contributed by atoms with van der Waals surface area (Å²) in [4.78, 5) is 2.09. The van der Waals surface area contributed by atoms with E-state index in [1.807, 2.05) is 0 Å². The van der Waals surface area contributed by atoms with E-state index < -0.39 is 11.6 Å². The molecule has 1 fully saturated rings. The Morgan fingerprint density at radius 1 is 1.26 bits per heavy atom. The monoisotopic (exact) mass is 292 g/mol. The minimum absolute atomic E-state index is 0. The topological polar surface area (TPSA) is 35.5 Å². The second-order valence-corrected chi connectivity index (χ2v) is 4.46. The molecule has 1 saturated heterocycles. The maximum atomic E-state index is 13.8. The molecule has 0 radical (unpaired) electrons. The number of rotatable bonds is 4. The summed E-state index contributed by atoms with van der Waals surface area (Å²) in [6.45, 7) is 3.18. The van der Waals surface area contributed by atoms with Gasteiger partial charge < -0.3 is 10.4 Å². The molecule has 0 bridgehead atoms. The maximum Gasteiger partial charge on any atom is 0.163 e. The van der Waals surface area contributed by atoms with E-state index in [9.17, 15) is 8.78 Å². The fourth-order valence-electron chi connectivity index (χ4n) is 2.43. The first kappa shape index (κ1) is 16.3. The molecule has 0 aliphatic carbocycles. The van der Waals surface area contributed by atoms with Crippen molar-refractivity contribution in [3.05, 3.63) is 35.4 Å². The van der Waals surface area contributed by atoms with Crippen LogP contribution in [0.15, 0.2) is 18.2 Å². The molecule has 0 aromatic heterocycles. The summed E-state index contributed by atoms with van der Waals surface area (Å²) in [6.07, 6.45) is 0.417. The second kappa shape index (κ2) is 7.75. The first-order valence-corrected chi connectivity index (χ1v) is 6.23. The van der Waals surface area contributed by atoms with Gasteiger partial charge in [-0.3, -0.25) is 4.90 Å². The average molecular weight is 293 g/mol. The number of aliphatic hydroxyl groups excluding tert-OH is 1. The van der Waals surface area contributed by atoms with Crippen LogP contribution < -0.4 is 5.32 Å². The Labute approximate surface area is 118 Å². The third-order valence-corrected chi connectivity index (χ3v) is 3.34. The van der Waals surface area contributed by atoms with Crippen molar-refractivity contribution in [1.29, 1.82) is 0 Å². The van der Waals surface area contributed by atoms with Gasteiger partial charge >= 0.3 is 0 Å². The Hall–Kier alpha value is -0.750. The first-order valence-electron chi connectivity index (χ1n) is 6.23. The smallest absolute Gasteiger partial charge is 0.163 e. The van der Waals surface area contributed by atoms with Gasteiger partial charge in [0.15, 0.2) is 11.6 Å². The van der Waals surface area contributed by atoms with Crippen LogP contribution in [0.5, 0.6) is 0 Å². The van der Waals surface area contributed by atoms with Crippen LogP contribution in [0.2, 0.25) is 0 Å². The number of nitrogens with one attached hydrogen (secondary N) is 1. The predicted octanol–water partition coefficient (Wildman–Crippen LogP) is 1.72. The van der Waals surface area contributed by atoms with Gasteiger partial charge in [0.1, 0.15) is 0 Å². The van der Waals surface area contributed by atoms with Gasteiger partial charge in [0.05, 0.1) is 0 Å². The number of hydrogen-bond acceptors (Lipinski definition) is 3. The Morgan fingerprint density at radius 2 is 1.95 bits per heavy atom. The highest BCUT2D eigenvalue weighted by Gasteiger charge is 2.25. The van der Waals surface area contributed by atoms with E-state index in [2.05, 4.69) is 10.2 Å². The van der Waals surface area contributed by atoms with E-state index in [1.54, 1.807) is 6.07 Å². The number of nitrogens with zero attached hydrogens (tertiary/aromatic N) is 1. The highest BCUT2D eigenvalue weighted by molar-refractivity contribution is 5.85. The van der Waals surface area contributed by atoms with E-state index in [4.69, 9.17) is 5.11 Å². The number of hydrogen-bond donors (Lipinski definition) is 2. The molecular formula is C13H19ClF2N2O. The van der Waals surface area contributed by atoms with Gasteiger partial charge in [0.25, 0.3) is 0 Å². The second-order valence-electron chi connectivity index (χ2n) is 4.46. The Balaban J connectivity index is 0.00000180. The Bertz CT molecular complexity index is 400. The maximum absolute atomic E-state index is 13.8. The third-order valence-electron chi connectivity index (χ3n) is 3.34. The molecule has 19 heavy (non-hydrogen) atoms. The zero-order chi connectivity index (χ0) is 13.0. The third kappa shape index (κ3) is 3.86. The molecule has 0 saturated carbocycles.